The Morgan fingerprint density at radius 1 is 1.23 bits per heavy atom. The van der Waals surface area contributed by atoms with Gasteiger partial charge in [0, 0.05) is 28.2 Å². The molecule has 0 atom stereocenters. The van der Waals surface area contributed by atoms with Gasteiger partial charge in [-0.15, -0.1) is 0 Å². The zero-order valence-electron chi connectivity index (χ0n) is 21.0. The molecular formula is C28H34N6O. The van der Waals surface area contributed by atoms with Crippen molar-refractivity contribution in [3.63, 3.8) is 0 Å². The molecule has 3 aromatic heterocycles. The largest absolute Gasteiger partial charge is 0.386 e. The predicted octanol–water partition coefficient (Wildman–Crippen LogP) is 5.33. The third-order valence-corrected chi connectivity index (χ3v) is 7.35. The first-order valence-electron chi connectivity index (χ1n) is 12.5. The minimum atomic E-state index is -1.04. The van der Waals surface area contributed by atoms with Crippen molar-refractivity contribution in [2.75, 3.05) is 26.2 Å². The molecule has 2 N–H and O–H groups in total. The minimum absolute atomic E-state index is 0.321. The topological polar surface area (TPSA) is 73.8 Å². The normalized spacial score (nSPS) is 15.9. The third kappa shape index (κ3) is 4.44. The van der Waals surface area contributed by atoms with Gasteiger partial charge in [0.25, 0.3) is 0 Å². The number of H-pyrrole nitrogens is 1. The second kappa shape index (κ2) is 9.10. The summed E-state index contributed by atoms with van der Waals surface area (Å²) in [5, 5.41) is 16.5. The molecule has 0 bridgehead atoms. The summed E-state index contributed by atoms with van der Waals surface area (Å²) < 4.78 is 1.76. The molecule has 5 rings (SSSR count). The van der Waals surface area contributed by atoms with Crippen molar-refractivity contribution in [3.05, 3.63) is 64.9 Å². The molecule has 0 saturated carbocycles. The first kappa shape index (κ1) is 23.5. The highest BCUT2D eigenvalue weighted by molar-refractivity contribution is 5.92. The van der Waals surface area contributed by atoms with Crippen LogP contribution in [0.25, 0.3) is 32.7 Å². The Kier molecular flexibility index (Phi) is 6.12. The number of nitrogens with zero attached hydrogens (tertiary/aromatic N) is 5. The van der Waals surface area contributed by atoms with E-state index in [9.17, 15) is 5.11 Å². The van der Waals surface area contributed by atoms with Crippen molar-refractivity contribution >= 4 is 16.6 Å². The van der Waals surface area contributed by atoms with E-state index in [2.05, 4.69) is 56.9 Å². The molecule has 0 aliphatic carbocycles. The van der Waals surface area contributed by atoms with Crippen molar-refractivity contribution in [1.82, 2.24) is 24.5 Å². The number of hydrogen-bond donors (Lipinski definition) is 2. The summed E-state index contributed by atoms with van der Waals surface area (Å²) in [6.45, 7) is 18.7. The number of aliphatic hydroxyl groups is 1. The number of nitrogens with one attached hydrogen (secondary N) is 1. The Hall–Kier alpha value is -3.21. The smallest absolute Gasteiger partial charge is 0.227 e. The maximum Gasteiger partial charge on any atom is 0.227 e. The van der Waals surface area contributed by atoms with E-state index < -0.39 is 5.60 Å². The highest BCUT2D eigenvalue weighted by Gasteiger charge is 2.26. The average molecular weight is 471 g/mol. The van der Waals surface area contributed by atoms with Gasteiger partial charge in [-0.3, -0.25) is 4.90 Å². The molecule has 35 heavy (non-hydrogen) atoms. The van der Waals surface area contributed by atoms with Gasteiger partial charge in [-0.2, -0.15) is 5.10 Å². The average Bonchev–Trinajstić information content (AvgIpc) is 3.45. The van der Waals surface area contributed by atoms with Gasteiger partial charge in [0.15, 0.2) is 5.65 Å². The number of rotatable bonds is 6. The Bertz CT molecular complexity index is 1390. The fraction of sp³-hybridized carbons (Fsp3) is 0.464. The molecule has 4 aromatic rings. The van der Waals surface area contributed by atoms with Gasteiger partial charge in [-0.05, 0) is 80.9 Å². The summed E-state index contributed by atoms with van der Waals surface area (Å²) >= 11 is 0. The molecule has 0 radical (unpaired) electrons. The number of piperidine rings is 1. The van der Waals surface area contributed by atoms with Crippen molar-refractivity contribution in [2.45, 2.75) is 58.0 Å². The zero-order valence-corrected chi connectivity index (χ0v) is 21.0. The molecule has 0 amide bonds. The summed E-state index contributed by atoms with van der Waals surface area (Å²) in [6, 6.07) is 8.92. The van der Waals surface area contributed by atoms with Gasteiger partial charge in [-0.1, -0.05) is 19.9 Å². The van der Waals surface area contributed by atoms with Gasteiger partial charge in [-0.25, -0.2) is 16.1 Å². The maximum atomic E-state index is 10.8. The summed E-state index contributed by atoms with van der Waals surface area (Å²) in [6.07, 6.45) is 5.79. The van der Waals surface area contributed by atoms with Gasteiger partial charge < -0.3 is 14.9 Å². The van der Waals surface area contributed by atoms with Crippen molar-refractivity contribution in [3.8, 4) is 11.3 Å². The van der Waals surface area contributed by atoms with E-state index in [1.165, 1.54) is 22.8 Å². The first-order chi connectivity index (χ1) is 16.8. The standard InChI is InChI=1S/C28H34N6O/c1-18(2)25-22-14-20(19-8-11-33(12-9-19)13-10-29-5)6-7-24(22)32-26(25)21-15-23(28(3,4)35)27-30-17-31-34(27)16-21/h6-7,14-19,32,35H,8-13H2,1-4H3. The molecule has 0 unspecified atom stereocenters. The first-order valence-corrected chi connectivity index (χ1v) is 12.5. The molecule has 4 heterocycles. The summed E-state index contributed by atoms with van der Waals surface area (Å²) in [7, 11) is 0. The van der Waals surface area contributed by atoms with E-state index >= 15 is 0 Å². The van der Waals surface area contributed by atoms with Gasteiger partial charge in [0.2, 0.25) is 6.54 Å². The van der Waals surface area contributed by atoms with E-state index in [1.807, 2.05) is 12.3 Å². The van der Waals surface area contributed by atoms with Crippen LogP contribution in [0.1, 0.15) is 69.1 Å². The minimum Gasteiger partial charge on any atom is -0.386 e. The lowest BCUT2D eigenvalue weighted by molar-refractivity contribution is 0.0796. The lowest BCUT2D eigenvalue weighted by Crippen LogP contribution is -2.34. The molecule has 1 fully saturated rings. The van der Waals surface area contributed by atoms with Crippen LogP contribution in [0.3, 0.4) is 0 Å². The number of benzene rings is 1. The molecule has 1 aliphatic heterocycles. The lowest BCUT2D eigenvalue weighted by Gasteiger charge is -2.31. The zero-order chi connectivity index (χ0) is 24.7. The number of fused-ring (bicyclic) bond motifs is 2. The number of likely N-dealkylation sites (tertiary alicyclic amines) is 1. The summed E-state index contributed by atoms with van der Waals surface area (Å²) in [4.78, 5) is 14.0. The van der Waals surface area contributed by atoms with Crippen LogP contribution in [-0.2, 0) is 5.60 Å². The van der Waals surface area contributed by atoms with Crippen molar-refractivity contribution < 1.29 is 5.11 Å². The van der Waals surface area contributed by atoms with Crippen LogP contribution in [0.15, 0.2) is 36.8 Å². The Labute approximate surface area is 206 Å². The summed E-state index contributed by atoms with van der Waals surface area (Å²) in [5.41, 5.74) is 6.28. The number of pyridine rings is 1. The monoisotopic (exact) mass is 470 g/mol. The predicted molar refractivity (Wildman–Crippen MR) is 139 cm³/mol. The quantitative estimate of drug-likeness (QED) is 0.374. The lowest BCUT2D eigenvalue weighted by atomic mass is 9.87. The highest BCUT2D eigenvalue weighted by atomic mass is 16.3. The highest BCUT2D eigenvalue weighted by Crippen LogP contribution is 2.39. The molecule has 7 heteroatoms. The summed E-state index contributed by atoms with van der Waals surface area (Å²) in [5.74, 6) is 0.872. The fourth-order valence-corrected chi connectivity index (χ4v) is 5.51. The SMILES string of the molecule is [C-]#[N+]CCN1CCC(c2ccc3[nH]c(-c4cc(C(C)(C)O)c5ncnn5c4)c(C(C)C)c3c2)CC1. The van der Waals surface area contributed by atoms with Crippen LogP contribution in [-0.4, -0.2) is 55.8 Å². The molecule has 1 saturated heterocycles. The molecule has 0 spiro atoms. The van der Waals surface area contributed by atoms with E-state index in [4.69, 9.17) is 6.57 Å². The van der Waals surface area contributed by atoms with E-state index in [0.29, 0.717) is 24.0 Å². The van der Waals surface area contributed by atoms with E-state index in [-0.39, 0.29) is 0 Å². The Balaban J connectivity index is 1.55. The molecule has 7 nitrogen and oxygen atoms in total. The van der Waals surface area contributed by atoms with Crippen LogP contribution in [0.5, 0.6) is 0 Å². The maximum absolute atomic E-state index is 10.8. The van der Waals surface area contributed by atoms with Gasteiger partial charge >= 0.3 is 0 Å². The second-order valence-electron chi connectivity index (χ2n) is 10.6. The number of hydrogen-bond acceptors (Lipinski definition) is 4. The van der Waals surface area contributed by atoms with Crippen molar-refractivity contribution in [1.29, 1.82) is 0 Å². The van der Waals surface area contributed by atoms with Gasteiger partial charge in [0.05, 0.1) is 17.8 Å². The third-order valence-electron chi connectivity index (χ3n) is 7.35. The van der Waals surface area contributed by atoms with Crippen LogP contribution >= 0.6 is 0 Å². The van der Waals surface area contributed by atoms with Gasteiger partial charge in [0.1, 0.15) is 6.33 Å². The van der Waals surface area contributed by atoms with E-state index in [0.717, 1.165) is 54.8 Å². The molecule has 1 aliphatic rings. The Morgan fingerprint density at radius 3 is 2.69 bits per heavy atom. The van der Waals surface area contributed by atoms with Crippen molar-refractivity contribution in [2.24, 2.45) is 0 Å². The number of aromatic nitrogens is 4. The van der Waals surface area contributed by atoms with Crippen LogP contribution in [0, 0.1) is 6.57 Å². The second-order valence-corrected chi connectivity index (χ2v) is 10.6. The molecule has 1 aromatic carbocycles. The number of aromatic amines is 1. The van der Waals surface area contributed by atoms with Crippen LogP contribution < -0.4 is 0 Å². The molecular weight excluding hydrogens is 436 g/mol. The van der Waals surface area contributed by atoms with E-state index in [1.54, 1.807) is 18.4 Å². The molecule has 182 valence electrons. The van der Waals surface area contributed by atoms with Crippen LogP contribution in [0.2, 0.25) is 0 Å². The fourth-order valence-electron chi connectivity index (χ4n) is 5.51. The van der Waals surface area contributed by atoms with Crippen LogP contribution in [0.4, 0.5) is 0 Å². The Morgan fingerprint density at radius 2 is 2.00 bits per heavy atom.